The summed E-state index contributed by atoms with van der Waals surface area (Å²) in [4.78, 5) is 15.4. The number of nitrogens with two attached hydrogens (primary N) is 1. The highest BCUT2D eigenvalue weighted by Crippen LogP contribution is 2.24. The molecule has 0 aliphatic carbocycles. The van der Waals surface area contributed by atoms with Crippen LogP contribution in [0.3, 0.4) is 0 Å². The largest absolute Gasteiger partial charge is 0.338 e. The summed E-state index contributed by atoms with van der Waals surface area (Å²) < 4.78 is 0. The summed E-state index contributed by atoms with van der Waals surface area (Å²) in [6, 6.07) is 2.24. The summed E-state index contributed by atoms with van der Waals surface area (Å²) in [5, 5.41) is 2.01. The fourth-order valence-corrected chi connectivity index (χ4v) is 3.53. The highest BCUT2D eigenvalue weighted by atomic mass is 32.1. The maximum Gasteiger partial charge on any atom is 0.264 e. The Kier molecular flexibility index (Phi) is 4.40. The molecule has 1 amide bonds. The maximum atomic E-state index is 12.5. The van der Waals surface area contributed by atoms with Crippen LogP contribution in [0.1, 0.15) is 41.9 Å². The number of likely N-dealkylation sites (tertiary alicyclic amines) is 1. The summed E-state index contributed by atoms with van der Waals surface area (Å²) >= 11 is 1.56. The second-order valence-corrected chi connectivity index (χ2v) is 6.06. The van der Waals surface area contributed by atoms with Gasteiger partial charge in [0.2, 0.25) is 0 Å². The fraction of sp³-hybridized carbons (Fsp3) is 0.643. The fourth-order valence-electron chi connectivity index (χ4n) is 2.57. The number of amides is 1. The van der Waals surface area contributed by atoms with Gasteiger partial charge in [0, 0.05) is 19.1 Å². The number of hydrogen-bond acceptors (Lipinski definition) is 3. The van der Waals surface area contributed by atoms with Gasteiger partial charge in [-0.3, -0.25) is 4.79 Å². The van der Waals surface area contributed by atoms with Crippen molar-refractivity contribution in [3.05, 3.63) is 21.9 Å². The van der Waals surface area contributed by atoms with Crippen molar-refractivity contribution in [2.24, 2.45) is 11.7 Å². The van der Waals surface area contributed by atoms with E-state index in [2.05, 4.69) is 13.0 Å². The predicted molar refractivity (Wildman–Crippen MR) is 76.0 cm³/mol. The van der Waals surface area contributed by atoms with Crippen LogP contribution in [-0.2, 0) is 6.42 Å². The van der Waals surface area contributed by atoms with E-state index in [0.717, 1.165) is 37.2 Å². The van der Waals surface area contributed by atoms with E-state index < -0.39 is 0 Å². The van der Waals surface area contributed by atoms with Gasteiger partial charge in [-0.05, 0) is 49.1 Å². The topological polar surface area (TPSA) is 46.3 Å². The van der Waals surface area contributed by atoms with Crippen LogP contribution >= 0.6 is 11.3 Å². The minimum atomic E-state index is 0.176. The first-order chi connectivity index (χ1) is 8.63. The van der Waals surface area contributed by atoms with E-state index in [0.29, 0.717) is 5.92 Å². The number of carbonyl (C=O) groups excluding carboxylic acids is 1. The van der Waals surface area contributed by atoms with Crippen LogP contribution in [0.2, 0.25) is 0 Å². The Morgan fingerprint density at radius 3 is 3.11 bits per heavy atom. The van der Waals surface area contributed by atoms with E-state index in [-0.39, 0.29) is 11.9 Å². The second-order valence-electron chi connectivity index (χ2n) is 5.14. The maximum absolute atomic E-state index is 12.5. The molecule has 2 rings (SSSR count). The van der Waals surface area contributed by atoms with Crippen LogP contribution in [0, 0.1) is 5.92 Å². The first-order valence-corrected chi connectivity index (χ1v) is 7.62. The van der Waals surface area contributed by atoms with Crippen molar-refractivity contribution in [1.82, 2.24) is 4.90 Å². The molecule has 1 aromatic heterocycles. The third-order valence-electron chi connectivity index (χ3n) is 3.81. The van der Waals surface area contributed by atoms with Crippen LogP contribution < -0.4 is 5.73 Å². The molecule has 0 unspecified atom stereocenters. The number of aryl methyl sites for hydroxylation is 1. The van der Waals surface area contributed by atoms with Gasteiger partial charge < -0.3 is 10.6 Å². The van der Waals surface area contributed by atoms with E-state index in [1.807, 2.05) is 17.2 Å². The Morgan fingerprint density at radius 1 is 1.67 bits per heavy atom. The van der Waals surface area contributed by atoms with Gasteiger partial charge in [0.15, 0.2) is 0 Å². The van der Waals surface area contributed by atoms with E-state index >= 15 is 0 Å². The summed E-state index contributed by atoms with van der Waals surface area (Å²) in [6.45, 7) is 5.84. The van der Waals surface area contributed by atoms with Gasteiger partial charge in [-0.15, -0.1) is 11.3 Å². The Bertz CT molecular complexity index is 414. The van der Waals surface area contributed by atoms with Crippen molar-refractivity contribution in [2.45, 2.75) is 39.2 Å². The summed E-state index contributed by atoms with van der Waals surface area (Å²) in [5.41, 5.74) is 7.14. The third-order valence-corrected chi connectivity index (χ3v) is 4.76. The number of piperidine rings is 1. The van der Waals surface area contributed by atoms with E-state index in [9.17, 15) is 4.79 Å². The Labute approximate surface area is 113 Å². The van der Waals surface area contributed by atoms with Crippen molar-refractivity contribution in [3.8, 4) is 0 Å². The van der Waals surface area contributed by atoms with Gasteiger partial charge in [-0.25, -0.2) is 0 Å². The average molecular weight is 266 g/mol. The molecule has 2 atom stereocenters. The second kappa shape index (κ2) is 5.85. The first-order valence-electron chi connectivity index (χ1n) is 6.74. The zero-order valence-electron chi connectivity index (χ0n) is 11.2. The van der Waals surface area contributed by atoms with E-state index in [1.54, 1.807) is 11.3 Å². The quantitative estimate of drug-likeness (QED) is 0.913. The molecule has 1 saturated heterocycles. The summed E-state index contributed by atoms with van der Waals surface area (Å²) in [6.07, 6.45) is 3.15. The van der Waals surface area contributed by atoms with E-state index in [4.69, 9.17) is 5.73 Å². The molecular formula is C14H22N2OS. The lowest BCUT2D eigenvalue weighted by Crippen LogP contribution is -2.45. The van der Waals surface area contributed by atoms with Gasteiger partial charge in [-0.2, -0.15) is 0 Å². The molecule has 0 saturated carbocycles. The number of nitrogens with zero attached hydrogens (tertiary/aromatic N) is 1. The zero-order chi connectivity index (χ0) is 13.1. The molecule has 2 heterocycles. The highest BCUT2D eigenvalue weighted by molar-refractivity contribution is 7.12. The van der Waals surface area contributed by atoms with Crippen LogP contribution in [0.25, 0.3) is 0 Å². The minimum Gasteiger partial charge on any atom is -0.338 e. The van der Waals surface area contributed by atoms with Crippen molar-refractivity contribution < 1.29 is 4.79 Å². The SMILES string of the molecule is CCc1ccsc1C(=O)N1CCC[C@H]([C@@H](C)N)C1. The molecule has 1 aliphatic rings. The van der Waals surface area contributed by atoms with Gasteiger partial charge in [-0.1, -0.05) is 6.92 Å². The molecule has 18 heavy (non-hydrogen) atoms. The molecule has 1 aliphatic heterocycles. The normalized spacial score (nSPS) is 21.9. The van der Waals surface area contributed by atoms with Crippen LogP contribution in [0.15, 0.2) is 11.4 Å². The smallest absolute Gasteiger partial charge is 0.264 e. The summed E-state index contributed by atoms with van der Waals surface area (Å²) in [7, 11) is 0. The lowest BCUT2D eigenvalue weighted by molar-refractivity contribution is 0.0665. The average Bonchev–Trinajstić information content (AvgIpc) is 2.86. The van der Waals surface area contributed by atoms with Crippen molar-refractivity contribution in [1.29, 1.82) is 0 Å². The molecule has 1 aromatic rings. The number of hydrogen-bond donors (Lipinski definition) is 1. The van der Waals surface area contributed by atoms with Crippen molar-refractivity contribution in [3.63, 3.8) is 0 Å². The molecule has 0 bridgehead atoms. The predicted octanol–water partition coefficient (Wildman–Crippen LogP) is 2.51. The molecule has 3 nitrogen and oxygen atoms in total. The van der Waals surface area contributed by atoms with Crippen LogP contribution in [0.5, 0.6) is 0 Å². The third kappa shape index (κ3) is 2.75. The molecular weight excluding hydrogens is 244 g/mol. The van der Waals surface area contributed by atoms with Crippen LogP contribution in [-0.4, -0.2) is 29.9 Å². The monoisotopic (exact) mass is 266 g/mol. The van der Waals surface area contributed by atoms with Crippen molar-refractivity contribution in [2.75, 3.05) is 13.1 Å². The van der Waals surface area contributed by atoms with Crippen LogP contribution in [0.4, 0.5) is 0 Å². The molecule has 1 fully saturated rings. The lowest BCUT2D eigenvalue weighted by atomic mass is 9.92. The van der Waals surface area contributed by atoms with Gasteiger partial charge in [0.05, 0.1) is 4.88 Å². The molecule has 4 heteroatoms. The summed E-state index contributed by atoms with van der Waals surface area (Å²) in [5.74, 6) is 0.653. The molecule has 100 valence electrons. The van der Waals surface area contributed by atoms with Gasteiger partial charge in [0.25, 0.3) is 5.91 Å². The van der Waals surface area contributed by atoms with Gasteiger partial charge >= 0.3 is 0 Å². The molecule has 0 spiro atoms. The Balaban J connectivity index is 2.09. The Hall–Kier alpha value is -0.870. The first kappa shape index (κ1) is 13.6. The molecule has 0 aromatic carbocycles. The highest BCUT2D eigenvalue weighted by Gasteiger charge is 2.27. The molecule has 2 N–H and O–H groups in total. The van der Waals surface area contributed by atoms with Gasteiger partial charge in [0.1, 0.15) is 0 Å². The number of rotatable bonds is 3. The van der Waals surface area contributed by atoms with Crippen molar-refractivity contribution >= 4 is 17.2 Å². The van der Waals surface area contributed by atoms with E-state index in [1.165, 1.54) is 5.56 Å². The minimum absolute atomic E-state index is 0.176. The molecule has 0 radical (unpaired) electrons. The Morgan fingerprint density at radius 2 is 2.44 bits per heavy atom. The zero-order valence-corrected chi connectivity index (χ0v) is 12.0. The lowest BCUT2D eigenvalue weighted by Gasteiger charge is -2.34. The number of carbonyl (C=O) groups is 1. The number of thiophene rings is 1. The standard InChI is InChI=1S/C14H22N2OS/c1-3-11-6-8-18-13(11)14(17)16-7-4-5-12(9-16)10(2)15/h6,8,10,12H,3-5,7,9,15H2,1-2H3/t10-,12+/m1/s1.